The molecule has 0 radical (unpaired) electrons. The van der Waals surface area contributed by atoms with Crippen LogP contribution in [0.2, 0.25) is 0 Å². The van der Waals surface area contributed by atoms with Gasteiger partial charge in [-0.2, -0.15) is 0 Å². The van der Waals surface area contributed by atoms with Gasteiger partial charge in [-0.3, -0.25) is 0 Å². The fraction of sp³-hybridized carbons (Fsp3) is 0. The lowest BCUT2D eigenvalue weighted by molar-refractivity contribution is 1.16. The summed E-state index contributed by atoms with van der Waals surface area (Å²) in [5, 5.41) is 0. The molecule has 24 heavy (non-hydrogen) atoms. The standard InChI is InChI=1S/C22H18N2/c1-3-11-17(4-2)20-16-21(18-12-7-5-8-13-18)24-22(23-20)19-14-9-6-10-15-19/h3-16H,1-2H2/b17-11+. The lowest BCUT2D eigenvalue weighted by atomic mass is 10.1. The third-order valence-corrected chi connectivity index (χ3v) is 3.64. The predicted molar refractivity (Wildman–Crippen MR) is 101 cm³/mol. The zero-order chi connectivity index (χ0) is 16.8. The maximum Gasteiger partial charge on any atom is 0.160 e. The molecule has 0 fully saturated rings. The van der Waals surface area contributed by atoms with Crippen molar-refractivity contribution in [2.45, 2.75) is 0 Å². The second-order valence-electron chi connectivity index (χ2n) is 5.26. The van der Waals surface area contributed by atoms with Crippen LogP contribution in [0.4, 0.5) is 0 Å². The van der Waals surface area contributed by atoms with Crippen molar-refractivity contribution in [3.63, 3.8) is 0 Å². The first-order valence-corrected chi connectivity index (χ1v) is 7.77. The Bertz CT molecular complexity index is 821. The number of hydrogen-bond donors (Lipinski definition) is 0. The van der Waals surface area contributed by atoms with Gasteiger partial charge in [0, 0.05) is 11.1 Å². The Kier molecular flexibility index (Phi) is 4.78. The molecule has 0 spiro atoms. The van der Waals surface area contributed by atoms with E-state index in [0.717, 1.165) is 28.1 Å². The molecule has 0 atom stereocenters. The van der Waals surface area contributed by atoms with Crippen molar-refractivity contribution in [2.24, 2.45) is 0 Å². The van der Waals surface area contributed by atoms with Crippen molar-refractivity contribution in [1.82, 2.24) is 9.97 Å². The van der Waals surface area contributed by atoms with Gasteiger partial charge >= 0.3 is 0 Å². The Morgan fingerprint density at radius 2 is 1.42 bits per heavy atom. The van der Waals surface area contributed by atoms with Crippen LogP contribution in [0.1, 0.15) is 5.69 Å². The van der Waals surface area contributed by atoms with Crippen LogP contribution in [0, 0.1) is 0 Å². The van der Waals surface area contributed by atoms with Crippen LogP contribution >= 0.6 is 0 Å². The summed E-state index contributed by atoms with van der Waals surface area (Å²) in [6.07, 6.45) is 5.43. The number of nitrogens with zero attached hydrogens (tertiary/aromatic N) is 2. The monoisotopic (exact) mass is 310 g/mol. The summed E-state index contributed by atoms with van der Waals surface area (Å²) in [6.45, 7) is 7.65. The minimum atomic E-state index is 0.698. The molecule has 0 unspecified atom stereocenters. The van der Waals surface area contributed by atoms with Gasteiger partial charge in [0.25, 0.3) is 0 Å². The van der Waals surface area contributed by atoms with Crippen molar-refractivity contribution < 1.29 is 0 Å². The molecular weight excluding hydrogens is 292 g/mol. The number of rotatable bonds is 5. The van der Waals surface area contributed by atoms with Crippen LogP contribution < -0.4 is 0 Å². The fourth-order valence-corrected chi connectivity index (χ4v) is 2.45. The molecule has 0 aliphatic rings. The summed E-state index contributed by atoms with van der Waals surface area (Å²) in [4.78, 5) is 9.47. The Morgan fingerprint density at radius 1 is 0.792 bits per heavy atom. The molecule has 0 aliphatic heterocycles. The van der Waals surface area contributed by atoms with E-state index >= 15 is 0 Å². The minimum absolute atomic E-state index is 0.698. The molecule has 0 bridgehead atoms. The van der Waals surface area contributed by atoms with Crippen LogP contribution in [0.5, 0.6) is 0 Å². The van der Waals surface area contributed by atoms with E-state index < -0.39 is 0 Å². The molecule has 0 aliphatic carbocycles. The minimum Gasteiger partial charge on any atom is -0.228 e. The van der Waals surface area contributed by atoms with E-state index in [1.165, 1.54) is 0 Å². The molecular formula is C22H18N2. The van der Waals surface area contributed by atoms with Gasteiger partial charge in [-0.15, -0.1) is 0 Å². The molecule has 0 N–H and O–H groups in total. The van der Waals surface area contributed by atoms with E-state index in [0.29, 0.717) is 5.82 Å². The molecule has 0 saturated heterocycles. The van der Waals surface area contributed by atoms with Crippen molar-refractivity contribution in [3.8, 4) is 22.6 Å². The van der Waals surface area contributed by atoms with Gasteiger partial charge < -0.3 is 0 Å². The second-order valence-corrected chi connectivity index (χ2v) is 5.26. The molecule has 116 valence electrons. The van der Waals surface area contributed by atoms with Gasteiger partial charge in [-0.05, 0) is 11.6 Å². The Hall–Kier alpha value is -3.26. The highest BCUT2D eigenvalue weighted by Crippen LogP contribution is 2.25. The highest BCUT2D eigenvalue weighted by Gasteiger charge is 2.10. The predicted octanol–water partition coefficient (Wildman–Crippen LogP) is 5.57. The third-order valence-electron chi connectivity index (χ3n) is 3.64. The number of allylic oxidation sites excluding steroid dienone is 4. The van der Waals surface area contributed by atoms with Crippen LogP contribution in [0.15, 0.2) is 98.1 Å². The van der Waals surface area contributed by atoms with Gasteiger partial charge in [0.05, 0.1) is 11.4 Å². The SMILES string of the molecule is C=C/C=C(\C=C)c1cc(-c2ccccc2)nc(-c2ccccc2)n1. The molecule has 2 heteroatoms. The molecule has 2 aromatic carbocycles. The molecule has 1 aromatic heterocycles. The molecule has 3 rings (SSSR count). The zero-order valence-electron chi connectivity index (χ0n) is 13.4. The van der Waals surface area contributed by atoms with E-state index in [1.54, 1.807) is 12.2 Å². The first-order chi connectivity index (χ1) is 11.8. The molecule has 1 heterocycles. The maximum absolute atomic E-state index is 4.75. The van der Waals surface area contributed by atoms with E-state index in [-0.39, 0.29) is 0 Å². The quantitative estimate of drug-likeness (QED) is 0.576. The van der Waals surface area contributed by atoms with Crippen LogP contribution in [-0.4, -0.2) is 9.97 Å². The van der Waals surface area contributed by atoms with Gasteiger partial charge in [0.1, 0.15) is 0 Å². The molecule has 0 saturated carbocycles. The average molecular weight is 310 g/mol. The first kappa shape index (κ1) is 15.6. The lowest BCUT2D eigenvalue weighted by Gasteiger charge is -2.09. The van der Waals surface area contributed by atoms with E-state index in [1.807, 2.05) is 72.8 Å². The van der Waals surface area contributed by atoms with Crippen LogP contribution in [0.25, 0.3) is 28.2 Å². The van der Waals surface area contributed by atoms with E-state index in [4.69, 9.17) is 9.97 Å². The van der Waals surface area contributed by atoms with Gasteiger partial charge in [-0.25, -0.2) is 9.97 Å². The molecule has 0 amide bonds. The van der Waals surface area contributed by atoms with Crippen LogP contribution in [-0.2, 0) is 0 Å². The smallest absolute Gasteiger partial charge is 0.160 e. The maximum atomic E-state index is 4.75. The van der Waals surface area contributed by atoms with Crippen molar-refractivity contribution in [3.05, 3.63) is 104 Å². The summed E-state index contributed by atoms with van der Waals surface area (Å²) >= 11 is 0. The number of aromatic nitrogens is 2. The third kappa shape index (κ3) is 3.39. The zero-order valence-corrected chi connectivity index (χ0v) is 13.4. The second kappa shape index (κ2) is 7.34. The van der Waals surface area contributed by atoms with Crippen LogP contribution in [0.3, 0.4) is 0 Å². The Morgan fingerprint density at radius 3 is 2.00 bits per heavy atom. The van der Waals surface area contributed by atoms with Crippen molar-refractivity contribution in [2.75, 3.05) is 0 Å². The summed E-state index contributed by atoms with van der Waals surface area (Å²) in [7, 11) is 0. The van der Waals surface area contributed by atoms with Gasteiger partial charge in [0.2, 0.25) is 0 Å². The van der Waals surface area contributed by atoms with E-state index in [2.05, 4.69) is 13.2 Å². The van der Waals surface area contributed by atoms with E-state index in [9.17, 15) is 0 Å². The normalized spacial score (nSPS) is 11.1. The number of hydrogen-bond acceptors (Lipinski definition) is 2. The summed E-state index contributed by atoms with van der Waals surface area (Å²) in [5.74, 6) is 0.698. The largest absolute Gasteiger partial charge is 0.228 e. The van der Waals surface area contributed by atoms with Gasteiger partial charge in [0.15, 0.2) is 5.82 Å². The summed E-state index contributed by atoms with van der Waals surface area (Å²) < 4.78 is 0. The highest BCUT2D eigenvalue weighted by molar-refractivity contribution is 5.76. The van der Waals surface area contributed by atoms with Crippen molar-refractivity contribution >= 4 is 5.57 Å². The Labute approximate surface area is 142 Å². The summed E-state index contributed by atoms with van der Waals surface area (Å²) in [6, 6.07) is 22.1. The fourth-order valence-electron chi connectivity index (χ4n) is 2.45. The lowest BCUT2D eigenvalue weighted by Crippen LogP contribution is -1.97. The molecule has 3 aromatic rings. The summed E-state index contributed by atoms with van der Waals surface area (Å²) in [5.41, 5.74) is 4.68. The first-order valence-electron chi connectivity index (χ1n) is 7.77. The highest BCUT2D eigenvalue weighted by atomic mass is 14.9. The van der Waals surface area contributed by atoms with Crippen molar-refractivity contribution in [1.29, 1.82) is 0 Å². The van der Waals surface area contributed by atoms with Gasteiger partial charge in [-0.1, -0.05) is 92.0 Å². The molecule has 2 nitrogen and oxygen atoms in total. The average Bonchev–Trinajstić information content (AvgIpc) is 2.67. The Balaban J connectivity index is 2.21. The number of benzene rings is 2. The topological polar surface area (TPSA) is 25.8 Å².